The van der Waals surface area contributed by atoms with Crippen molar-refractivity contribution in [1.29, 1.82) is 0 Å². The molecule has 1 heterocycles. The van der Waals surface area contributed by atoms with Crippen LogP contribution in [0.25, 0.3) is 0 Å². The molecule has 0 aliphatic carbocycles. The maximum atomic E-state index is 11.4. The van der Waals surface area contributed by atoms with Crippen molar-refractivity contribution in [3.8, 4) is 0 Å². The van der Waals surface area contributed by atoms with Gasteiger partial charge in [0.05, 0.1) is 0 Å². The third-order valence-electron chi connectivity index (χ3n) is 3.87. The highest BCUT2D eigenvalue weighted by Crippen LogP contribution is 2.34. The summed E-state index contributed by atoms with van der Waals surface area (Å²) in [4.78, 5) is 21.7. The van der Waals surface area contributed by atoms with E-state index < -0.39 is 17.7 Å². The summed E-state index contributed by atoms with van der Waals surface area (Å²) in [5, 5.41) is 18.7. The Balaban J connectivity index is 2.13. The molecule has 0 aromatic carbocycles. The van der Waals surface area contributed by atoms with Crippen LogP contribution in [0.1, 0.15) is 65.2 Å². The van der Waals surface area contributed by atoms with Gasteiger partial charge in [-0.2, -0.15) is 0 Å². The number of aliphatic carboxylic acids is 1. The number of carbonyl (C=O) groups excluding carboxylic acids is 1. The Kier molecular flexibility index (Phi) is 6.20. The van der Waals surface area contributed by atoms with Crippen molar-refractivity contribution in [3.05, 3.63) is 11.1 Å². The van der Waals surface area contributed by atoms with Gasteiger partial charge in [0.2, 0.25) is 5.79 Å². The number of rotatable bonds is 9. The number of carboxylic acid groups (broad SMARTS) is 1. The van der Waals surface area contributed by atoms with E-state index in [1.165, 1.54) is 0 Å². The van der Waals surface area contributed by atoms with Gasteiger partial charge in [0.15, 0.2) is 0 Å². The third kappa shape index (κ3) is 4.63. The number of esters is 1. The largest absolute Gasteiger partial charge is 0.481 e. The van der Waals surface area contributed by atoms with E-state index in [1.807, 2.05) is 0 Å². The average Bonchev–Trinajstić information content (AvgIpc) is 2.57. The first kappa shape index (κ1) is 16.7. The molecule has 0 amide bonds. The van der Waals surface area contributed by atoms with E-state index in [0.29, 0.717) is 17.6 Å². The van der Waals surface area contributed by atoms with Crippen LogP contribution < -0.4 is 0 Å². The molecule has 0 radical (unpaired) electrons. The number of ether oxygens (including phenoxy) is 1. The lowest BCUT2D eigenvalue weighted by atomic mass is 9.98. The van der Waals surface area contributed by atoms with Crippen LogP contribution in [0.2, 0.25) is 0 Å². The lowest BCUT2D eigenvalue weighted by molar-refractivity contribution is -0.183. The molecular formula is C15H24O5. The summed E-state index contributed by atoms with van der Waals surface area (Å²) in [5.74, 6) is -2.59. The summed E-state index contributed by atoms with van der Waals surface area (Å²) in [7, 11) is 0. The zero-order chi connectivity index (χ0) is 15.2. The van der Waals surface area contributed by atoms with E-state index in [1.54, 1.807) is 13.8 Å². The molecular weight excluding hydrogens is 260 g/mol. The molecule has 2 N–H and O–H groups in total. The topological polar surface area (TPSA) is 83.8 Å². The quantitative estimate of drug-likeness (QED) is 0.502. The lowest BCUT2D eigenvalue weighted by Crippen LogP contribution is -2.30. The van der Waals surface area contributed by atoms with Crippen molar-refractivity contribution < 1.29 is 24.5 Å². The van der Waals surface area contributed by atoms with E-state index in [4.69, 9.17) is 9.84 Å². The fraction of sp³-hybridized carbons (Fsp3) is 0.733. The molecule has 0 bridgehead atoms. The molecule has 1 aliphatic rings. The highest BCUT2D eigenvalue weighted by Gasteiger charge is 2.41. The fourth-order valence-corrected chi connectivity index (χ4v) is 2.34. The summed E-state index contributed by atoms with van der Waals surface area (Å²) in [6.45, 7) is 3.39. The van der Waals surface area contributed by atoms with Gasteiger partial charge in [-0.25, -0.2) is 4.79 Å². The van der Waals surface area contributed by atoms with Gasteiger partial charge in [0, 0.05) is 24.0 Å². The summed E-state index contributed by atoms with van der Waals surface area (Å²) < 4.78 is 5.02. The number of hydrogen-bond donors (Lipinski definition) is 2. The maximum absolute atomic E-state index is 11.4. The second-order valence-electron chi connectivity index (χ2n) is 5.44. The molecule has 0 spiro atoms. The molecule has 20 heavy (non-hydrogen) atoms. The number of carbonyl (C=O) groups is 2. The van der Waals surface area contributed by atoms with Gasteiger partial charge in [-0.05, 0) is 26.7 Å². The van der Waals surface area contributed by atoms with E-state index in [2.05, 4.69) is 0 Å². The van der Waals surface area contributed by atoms with Crippen LogP contribution >= 0.6 is 0 Å². The molecule has 114 valence electrons. The first-order valence-electron chi connectivity index (χ1n) is 7.22. The van der Waals surface area contributed by atoms with Gasteiger partial charge in [-0.3, -0.25) is 4.79 Å². The van der Waals surface area contributed by atoms with Crippen LogP contribution in [0.5, 0.6) is 0 Å². The highest BCUT2D eigenvalue weighted by molar-refractivity contribution is 5.91. The van der Waals surface area contributed by atoms with E-state index >= 15 is 0 Å². The normalized spacial score (nSPS) is 22.2. The first-order valence-corrected chi connectivity index (χ1v) is 7.22. The van der Waals surface area contributed by atoms with Gasteiger partial charge >= 0.3 is 11.9 Å². The predicted molar refractivity (Wildman–Crippen MR) is 74.0 cm³/mol. The van der Waals surface area contributed by atoms with Gasteiger partial charge in [0.25, 0.3) is 0 Å². The number of unbranched alkanes of at least 4 members (excludes halogenated alkanes) is 5. The smallest absolute Gasteiger partial charge is 0.336 e. The Hall–Kier alpha value is -1.36. The molecule has 1 rings (SSSR count). The highest BCUT2D eigenvalue weighted by atomic mass is 16.7. The zero-order valence-electron chi connectivity index (χ0n) is 12.3. The van der Waals surface area contributed by atoms with Crippen molar-refractivity contribution in [2.45, 2.75) is 71.0 Å². The molecule has 1 atom stereocenters. The van der Waals surface area contributed by atoms with E-state index in [0.717, 1.165) is 38.5 Å². The van der Waals surface area contributed by atoms with Crippen molar-refractivity contribution in [1.82, 2.24) is 0 Å². The van der Waals surface area contributed by atoms with Crippen molar-refractivity contribution in [3.63, 3.8) is 0 Å². The average molecular weight is 284 g/mol. The van der Waals surface area contributed by atoms with Gasteiger partial charge < -0.3 is 14.9 Å². The Morgan fingerprint density at radius 2 is 1.65 bits per heavy atom. The monoisotopic (exact) mass is 284 g/mol. The van der Waals surface area contributed by atoms with Gasteiger partial charge in [-0.15, -0.1) is 0 Å². The molecule has 0 saturated heterocycles. The number of hydrogen-bond acceptors (Lipinski definition) is 4. The van der Waals surface area contributed by atoms with Crippen LogP contribution in [-0.4, -0.2) is 27.9 Å². The maximum Gasteiger partial charge on any atom is 0.336 e. The Bertz CT molecular complexity index is 399. The van der Waals surface area contributed by atoms with Crippen LogP contribution in [0.4, 0.5) is 0 Å². The van der Waals surface area contributed by atoms with Crippen molar-refractivity contribution >= 4 is 11.9 Å². The predicted octanol–water partition coefficient (Wildman–Crippen LogP) is 2.77. The van der Waals surface area contributed by atoms with Crippen LogP contribution in [0.3, 0.4) is 0 Å². The molecule has 0 aromatic heterocycles. The van der Waals surface area contributed by atoms with Crippen LogP contribution in [-0.2, 0) is 14.3 Å². The summed E-state index contributed by atoms with van der Waals surface area (Å²) >= 11 is 0. The summed E-state index contributed by atoms with van der Waals surface area (Å²) in [5.41, 5.74) is 1.12. The van der Waals surface area contributed by atoms with Crippen molar-refractivity contribution in [2.75, 3.05) is 0 Å². The third-order valence-corrected chi connectivity index (χ3v) is 3.87. The standard InChI is InChI=1S/C15H24O5/c1-11-12(2)15(19,20-14(11)18)10-8-6-4-3-5-7-9-13(16)17/h19H,3-10H2,1-2H3,(H,16,17)/t15-/m1/s1. The minimum absolute atomic E-state index is 0.235. The zero-order valence-corrected chi connectivity index (χ0v) is 12.3. The Labute approximate surface area is 119 Å². The Morgan fingerprint density at radius 3 is 2.15 bits per heavy atom. The van der Waals surface area contributed by atoms with Crippen LogP contribution in [0.15, 0.2) is 11.1 Å². The van der Waals surface area contributed by atoms with E-state index in [-0.39, 0.29) is 6.42 Å². The summed E-state index contributed by atoms with van der Waals surface area (Å²) in [6, 6.07) is 0. The number of cyclic esters (lactones) is 1. The molecule has 0 fully saturated rings. The first-order chi connectivity index (χ1) is 9.37. The SMILES string of the molecule is CC1=C(C)[C@@](O)(CCCCCCCCC(=O)O)OC1=O. The van der Waals surface area contributed by atoms with Crippen molar-refractivity contribution in [2.24, 2.45) is 0 Å². The summed E-state index contributed by atoms with van der Waals surface area (Å²) in [6.07, 6.45) is 6.04. The lowest BCUT2D eigenvalue weighted by Gasteiger charge is -2.23. The molecule has 5 nitrogen and oxygen atoms in total. The minimum Gasteiger partial charge on any atom is -0.481 e. The number of carboxylic acids is 1. The minimum atomic E-state index is -1.41. The Morgan fingerprint density at radius 1 is 1.10 bits per heavy atom. The second kappa shape index (κ2) is 7.43. The molecule has 0 aromatic rings. The molecule has 5 heteroatoms. The molecule has 0 unspecified atom stereocenters. The second-order valence-corrected chi connectivity index (χ2v) is 5.44. The van der Waals surface area contributed by atoms with Gasteiger partial charge in [0.1, 0.15) is 0 Å². The van der Waals surface area contributed by atoms with Crippen LogP contribution in [0, 0.1) is 0 Å². The van der Waals surface area contributed by atoms with E-state index in [9.17, 15) is 14.7 Å². The fourth-order valence-electron chi connectivity index (χ4n) is 2.34. The molecule has 1 aliphatic heterocycles. The van der Waals surface area contributed by atoms with Gasteiger partial charge in [-0.1, -0.05) is 25.7 Å². The number of aliphatic hydroxyl groups is 1. The molecule has 0 saturated carbocycles.